The quantitative estimate of drug-likeness (QED) is 0.668. The van der Waals surface area contributed by atoms with Gasteiger partial charge in [0.2, 0.25) is 11.9 Å². The van der Waals surface area contributed by atoms with Crippen molar-refractivity contribution in [3.63, 3.8) is 0 Å². The molecular weight excluding hydrogens is 280 g/mol. The summed E-state index contributed by atoms with van der Waals surface area (Å²) in [5.41, 5.74) is 0.887. The van der Waals surface area contributed by atoms with Gasteiger partial charge >= 0.3 is 5.97 Å². The summed E-state index contributed by atoms with van der Waals surface area (Å²) in [4.78, 5) is 24.6. The van der Waals surface area contributed by atoms with Gasteiger partial charge in [0.15, 0.2) is 5.16 Å². The van der Waals surface area contributed by atoms with Gasteiger partial charge in [-0.25, -0.2) is 9.36 Å². The number of ether oxygens (including phenoxy) is 1. The van der Waals surface area contributed by atoms with Gasteiger partial charge in [-0.05, 0) is 27.0 Å². The Morgan fingerprint density at radius 2 is 2.20 bits per heavy atom. The Kier molecular flexibility index (Phi) is 4.12. The van der Waals surface area contributed by atoms with Crippen LogP contribution in [0.4, 0.5) is 5.95 Å². The summed E-state index contributed by atoms with van der Waals surface area (Å²) >= 11 is 1.32. The first-order valence-corrected chi connectivity index (χ1v) is 7.42. The van der Waals surface area contributed by atoms with Crippen LogP contribution in [0.5, 0.6) is 0 Å². The van der Waals surface area contributed by atoms with E-state index in [1.807, 2.05) is 6.26 Å². The number of carbonyl (C=O) groups excluding carboxylic acids is 2. The highest BCUT2D eigenvalue weighted by molar-refractivity contribution is 7.98. The first-order valence-electron chi connectivity index (χ1n) is 6.19. The maximum Gasteiger partial charge on any atom is 0.336 e. The van der Waals surface area contributed by atoms with Crippen LogP contribution in [0.25, 0.3) is 0 Å². The lowest BCUT2D eigenvalue weighted by Crippen LogP contribution is -2.25. The molecule has 7 nitrogen and oxygen atoms in total. The molecule has 0 bridgehead atoms. The summed E-state index contributed by atoms with van der Waals surface area (Å²) in [6.07, 6.45) is 1.81. The van der Waals surface area contributed by atoms with E-state index in [9.17, 15) is 9.59 Å². The fourth-order valence-corrected chi connectivity index (χ4v) is 2.58. The molecule has 0 saturated carbocycles. The fraction of sp³-hybridized carbons (Fsp3) is 0.500. The molecule has 2 rings (SSSR count). The van der Waals surface area contributed by atoms with Crippen molar-refractivity contribution in [3.8, 4) is 0 Å². The van der Waals surface area contributed by atoms with E-state index in [0.29, 0.717) is 22.4 Å². The number of nitrogens with zero attached hydrogens (tertiary/aromatic N) is 3. The summed E-state index contributed by atoms with van der Waals surface area (Å²) in [6, 6.07) is 0. The van der Waals surface area contributed by atoms with Crippen LogP contribution in [-0.2, 0) is 9.53 Å². The predicted molar refractivity (Wildman–Crippen MR) is 74.5 cm³/mol. The van der Waals surface area contributed by atoms with Gasteiger partial charge in [0, 0.05) is 5.70 Å². The van der Waals surface area contributed by atoms with Crippen molar-refractivity contribution in [2.75, 3.05) is 18.2 Å². The molecule has 0 aliphatic carbocycles. The van der Waals surface area contributed by atoms with Crippen LogP contribution in [0.3, 0.4) is 0 Å². The van der Waals surface area contributed by atoms with Gasteiger partial charge < -0.3 is 10.1 Å². The van der Waals surface area contributed by atoms with Gasteiger partial charge in [0.25, 0.3) is 0 Å². The van der Waals surface area contributed by atoms with Gasteiger partial charge in [0.05, 0.1) is 18.1 Å². The molecular formula is C12H16N4O3S. The van der Waals surface area contributed by atoms with Crippen molar-refractivity contribution < 1.29 is 14.3 Å². The number of allylic oxidation sites excluding steroid dienone is 1. The molecule has 8 heteroatoms. The van der Waals surface area contributed by atoms with Crippen LogP contribution in [0.1, 0.15) is 25.6 Å². The molecule has 108 valence electrons. The molecule has 1 unspecified atom stereocenters. The number of nitrogens with one attached hydrogen (secondary N) is 1. The second-order valence-electron chi connectivity index (χ2n) is 4.29. The molecule has 1 aliphatic heterocycles. The molecule has 20 heavy (non-hydrogen) atoms. The molecule has 1 atom stereocenters. The number of rotatable bonds is 3. The Morgan fingerprint density at radius 1 is 1.50 bits per heavy atom. The zero-order valence-electron chi connectivity index (χ0n) is 11.8. The van der Waals surface area contributed by atoms with Crippen molar-refractivity contribution in [2.24, 2.45) is 5.92 Å². The maximum absolute atomic E-state index is 12.5. The summed E-state index contributed by atoms with van der Waals surface area (Å²) in [6.45, 7) is 5.39. The van der Waals surface area contributed by atoms with E-state index in [1.165, 1.54) is 16.3 Å². The van der Waals surface area contributed by atoms with Crippen molar-refractivity contribution in [3.05, 3.63) is 11.3 Å². The van der Waals surface area contributed by atoms with Crippen LogP contribution in [0, 0.1) is 5.92 Å². The van der Waals surface area contributed by atoms with Gasteiger partial charge in [-0.2, -0.15) is 0 Å². The normalized spacial score (nSPS) is 18.4. The largest absolute Gasteiger partial charge is 0.463 e. The Labute approximate surface area is 120 Å². The molecule has 0 fully saturated rings. The van der Waals surface area contributed by atoms with E-state index in [4.69, 9.17) is 4.74 Å². The first kappa shape index (κ1) is 14.6. The topological polar surface area (TPSA) is 86.1 Å². The number of carbonyl (C=O) groups is 2. The van der Waals surface area contributed by atoms with E-state index < -0.39 is 11.9 Å². The number of hydrogen-bond donors (Lipinski definition) is 1. The monoisotopic (exact) mass is 296 g/mol. The second kappa shape index (κ2) is 5.66. The van der Waals surface area contributed by atoms with E-state index in [-0.39, 0.29) is 12.5 Å². The second-order valence-corrected chi connectivity index (χ2v) is 5.06. The highest BCUT2D eigenvalue weighted by Gasteiger charge is 2.34. The third-order valence-corrected chi connectivity index (χ3v) is 3.67. The van der Waals surface area contributed by atoms with Gasteiger partial charge in [-0.1, -0.05) is 11.8 Å². The molecule has 1 aromatic heterocycles. The SMILES string of the molecule is CCOC(=O)C1=C(C)Nc2nnc(SC)n2C(=O)C1C. The Hall–Kier alpha value is -1.83. The maximum atomic E-state index is 12.5. The van der Waals surface area contributed by atoms with Crippen LogP contribution in [-0.4, -0.2) is 39.5 Å². The smallest absolute Gasteiger partial charge is 0.336 e. The lowest BCUT2D eigenvalue weighted by Gasteiger charge is -2.13. The lowest BCUT2D eigenvalue weighted by molar-refractivity contribution is -0.139. The van der Waals surface area contributed by atoms with Crippen LogP contribution in [0.15, 0.2) is 16.4 Å². The number of anilines is 1. The Morgan fingerprint density at radius 3 is 2.80 bits per heavy atom. The molecule has 0 amide bonds. The molecule has 1 N–H and O–H groups in total. The molecule has 1 aromatic rings. The fourth-order valence-electron chi connectivity index (χ4n) is 2.10. The van der Waals surface area contributed by atoms with E-state index in [0.717, 1.165) is 0 Å². The molecule has 0 radical (unpaired) electrons. The molecule has 1 aliphatic rings. The summed E-state index contributed by atoms with van der Waals surface area (Å²) in [5.74, 6) is -1.03. The summed E-state index contributed by atoms with van der Waals surface area (Å²) < 4.78 is 6.41. The number of aromatic nitrogens is 3. The van der Waals surface area contributed by atoms with E-state index in [2.05, 4.69) is 15.5 Å². The average molecular weight is 296 g/mol. The van der Waals surface area contributed by atoms with Gasteiger partial charge in [-0.3, -0.25) is 4.79 Å². The number of fused-ring (bicyclic) bond motifs is 1. The predicted octanol–water partition coefficient (Wildman–Crippen LogP) is 1.54. The van der Waals surface area contributed by atoms with E-state index >= 15 is 0 Å². The average Bonchev–Trinajstić information content (AvgIpc) is 2.77. The zero-order chi connectivity index (χ0) is 14.9. The zero-order valence-corrected chi connectivity index (χ0v) is 12.6. The van der Waals surface area contributed by atoms with Crippen LogP contribution in [0.2, 0.25) is 0 Å². The number of hydrogen-bond acceptors (Lipinski definition) is 7. The molecule has 2 heterocycles. The first-order chi connectivity index (χ1) is 9.51. The van der Waals surface area contributed by atoms with Crippen LogP contribution < -0.4 is 5.32 Å². The lowest BCUT2D eigenvalue weighted by atomic mass is 9.99. The van der Waals surface area contributed by atoms with Crippen molar-refractivity contribution in [1.29, 1.82) is 0 Å². The summed E-state index contributed by atoms with van der Waals surface area (Å²) in [5, 5.41) is 11.3. The van der Waals surface area contributed by atoms with Crippen molar-refractivity contribution >= 4 is 29.6 Å². The minimum atomic E-state index is -0.621. The van der Waals surface area contributed by atoms with Crippen LogP contribution >= 0.6 is 11.8 Å². The van der Waals surface area contributed by atoms with E-state index in [1.54, 1.807) is 20.8 Å². The number of esters is 1. The number of thioether (sulfide) groups is 1. The third kappa shape index (κ3) is 2.31. The molecule has 0 aromatic carbocycles. The van der Waals surface area contributed by atoms with Gasteiger partial charge in [0.1, 0.15) is 0 Å². The minimum absolute atomic E-state index is 0.248. The standard InChI is InChI=1S/C12H16N4O3S/c1-5-19-10(18)8-6(2)9(17)16-11(13-7(8)3)14-15-12(16)20-4/h6H,5H2,1-4H3,(H,13,14). The Bertz CT molecular complexity index is 594. The minimum Gasteiger partial charge on any atom is -0.463 e. The third-order valence-electron chi connectivity index (χ3n) is 3.04. The molecule has 0 saturated heterocycles. The summed E-state index contributed by atoms with van der Waals surface area (Å²) in [7, 11) is 0. The Balaban J connectivity index is 2.49. The van der Waals surface area contributed by atoms with Crippen molar-refractivity contribution in [2.45, 2.75) is 25.9 Å². The molecule has 0 spiro atoms. The van der Waals surface area contributed by atoms with Gasteiger partial charge in [-0.15, -0.1) is 10.2 Å². The van der Waals surface area contributed by atoms with Crippen molar-refractivity contribution in [1.82, 2.24) is 14.8 Å². The highest BCUT2D eigenvalue weighted by atomic mass is 32.2. The highest BCUT2D eigenvalue weighted by Crippen LogP contribution is 2.28.